The summed E-state index contributed by atoms with van der Waals surface area (Å²) in [6.07, 6.45) is 0. The summed E-state index contributed by atoms with van der Waals surface area (Å²) in [6, 6.07) is 5.23. The zero-order valence-corrected chi connectivity index (χ0v) is 12.2. The van der Waals surface area contributed by atoms with Gasteiger partial charge in [0.15, 0.2) is 11.5 Å². The smallest absolute Gasteiger partial charge is 0.163 e. The van der Waals surface area contributed by atoms with Crippen molar-refractivity contribution in [3.8, 4) is 11.5 Å². The van der Waals surface area contributed by atoms with Crippen molar-refractivity contribution in [2.75, 3.05) is 20.8 Å². The molecule has 0 radical (unpaired) electrons. The molecule has 1 atom stereocenters. The van der Waals surface area contributed by atoms with Gasteiger partial charge in [-0.1, -0.05) is 0 Å². The average Bonchev–Trinajstić information content (AvgIpc) is 2.95. The molecule has 1 N–H and O–H groups in total. The number of rotatable bonds is 3. The van der Waals surface area contributed by atoms with E-state index >= 15 is 0 Å². The Balaban J connectivity index is 2.08. The molecule has 2 aromatic rings. The van der Waals surface area contributed by atoms with Crippen molar-refractivity contribution in [3.05, 3.63) is 45.4 Å². The van der Waals surface area contributed by atoms with Gasteiger partial charge in [-0.3, -0.25) is 0 Å². The number of nitrogens with one attached hydrogen (secondary N) is 1. The fraction of sp³-hybridized carbons (Fsp3) is 0.333. The summed E-state index contributed by atoms with van der Waals surface area (Å²) in [5.74, 6) is 0.743. The van der Waals surface area contributed by atoms with Crippen LogP contribution in [0, 0.1) is 5.82 Å². The summed E-state index contributed by atoms with van der Waals surface area (Å²) in [4.78, 5) is 1.27. The fourth-order valence-electron chi connectivity index (χ4n) is 2.66. The third kappa shape index (κ3) is 2.17. The molecule has 0 amide bonds. The van der Waals surface area contributed by atoms with E-state index in [2.05, 4.69) is 16.8 Å². The van der Waals surface area contributed by atoms with Gasteiger partial charge in [-0.15, -0.1) is 11.3 Å². The lowest BCUT2D eigenvalue weighted by molar-refractivity contribution is 0.351. The van der Waals surface area contributed by atoms with Crippen LogP contribution in [0.5, 0.6) is 11.5 Å². The van der Waals surface area contributed by atoms with Gasteiger partial charge in [0, 0.05) is 35.5 Å². The summed E-state index contributed by atoms with van der Waals surface area (Å²) in [6.45, 7) is 1.59. The van der Waals surface area contributed by atoms with Gasteiger partial charge >= 0.3 is 0 Å². The number of fused-ring (bicyclic) bond motifs is 1. The predicted molar refractivity (Wildman–Crippen MR) is 77.4 cm³/mol. The number of benzene rings is 1. The predicted octanol–water partition coefficient (Wildman–Crippen LogP) is 3.14. The lowest BCUT2D eigenvalue weighted by atomic mass is 9.89. The third-order valence-electron chi connectivity index (χ3n) is 3.67. The Hall–Kier alpha value is -1.59. The second-order valence-corrected chi connectivity index (χ2v) is 5.71. The average molecular weight is 293 g/mol. The van der Waals surface area contributed by atoms with Gasteiger partial charge in [0.2, 0.25) is 0 Å². The molecular formula is C15H16FNO2S. The zero-order valence-electron chi connectivity index (χ0n) is 11.4. The largest absolute Gasteiger partial charge is 0.493 e. The van der Waals surface area contributed by atoms with Crippen LogP contribution in [0.15, 0.2) is 23.6 Å². The summed E-state index contributed by atoms with van der Waals surface area (Å²) in [7, 11) is 3.07. The molecule has 0 saturated carbocycles. The lowest BCUT2D eigenvalue weighted by Gasteiger charge is -2.25. The normalized spacial score (nSPS) is 17.6. The van der Waals surface area contributed by atoms with Gasteiger partial charge in [0.1, 0.15) is 5.82 Å². The van der Waals surface area contributed by atoms with E-state index in [1.807, 2.05) is 0 Å². The first-order chi connectivity index (χ1) is 9.74. The molecular weight excluding hydrogens is 277 g/mol. The molecule has 3 nitrogen and oxygen atoms in total. The third-order valence-corrected chi connectivity index (χ3v) is 4.60. The first-order valence-electron chi connectivity index (χ1n) is 6.43. The Morgan fingerprint density at radius 2 is 1.95 bits per heavy atom. The van der Waals surface area contributed by atoms with Crippen molar-refractivity contribution in [1.82, 2.24) is 5.32 Å². The Kier molecular flexibility index (Phi) is 3.63. The van der Waals surface area contributed by atoms with Gasteiger partial charge in [0.25, 0.3) is 0 Å². The maximum Gasteiger partial charge on any atom is 0.163 e. The number of halogens is 1. The molecule has 1 aliphatic rings. The molecule has 0 fully saturated rings. The van der Waals surface area contributed by atoms with Gasteiger partial charge in [-0.25, -0.2) is 4.39 Å². The maximum absolute atomic E-state index is 14.4. The van der Waals surface area contributed by atoms with Crippen molar-refractivity contribution < 1.29 is 13.9 Å². The van der Waals surface area contributed by atoms with Crippen molar-refractivity contribution in [3.63, 3.8) is 0 Å². The highest BCUT2D eigenvalue weighted by Gasteiger charge is 2.26. The van der Waals surface area contributed by atoms with E-state index in [0.717, 1.165) is 13.1 Å². The van der Waals surface area contributed by atoms with Crippen LogP contribution in [0.2, 0.25) is 0 Å². The topological polar surface area (TPSA) is 30.5 Å². The second kappa shape index (κ2) is 5.42. The monoisotopic (exact) mass is 293 g/mol. The van der Waals surface area contributed by atoms with Crippen molar-refractivity contribution in [2.24, 2.45) is 0 Å². The lowest BCUT2D eigenvalue weighted by Crippen LogP contribution is -2.28. The first-order valence-corrected chi connectivity index (χ1v) is 7.31. The number of thiophene rings is 1. The Labute approximate surface area is 121 Å². The number of hydrogen-bond donors (Lipinski definition) is 1. The number of ether oxygens (including phenoxy) is 2. The summed E-state index contributed by atoms with van der Waals surface area (Å²) in [5.41, 5.74) is 1.86. The van der Waals surface area contributed by atoms with E-state index < -0.39 is 0 Å². The van der Waals surface area contributed by atoms with Crippen LogP contribution in [0.25, 0.3) is 0 Å². The molecule has 1 aliphatic heterocycles. The fourth-order valence-corrected chi connectivity index (χ4v) is 3.57. The quantitative estimate of drug-likeness (QED) is 0.943. The van der Waals surface area contributed by atoms with Gasteiger partial charge in [0.05, 0.1) is 14.2 Å². The molecule has 0 bridgehead atoms. The van der Waals surface area contributed by atoms with Crippen LogP contribution >= 0.6 is 11.3 Å². The molecule has 20 heavy (non-hydrogen) atoms. The van der Waals surface area contributed by atoms with E-state index in [1.165, 1.54) is 23.6 Å². The van der Waals surface area contributed by atoms with Crippen LogP contribution in [0.4, 0.5) is 4.39 Å². The van der Waals surface area contributed by atoms with Crippen molar-refractivity contribution >= 4 is 11.3 Å². The van der Waals surface area contributed by atoms with E-state index in [1.54, 1.807) is 24.5 Å². The summed E-state index contributed by atoms with van der Waals surface area (Å²) >= 11 is 1.71. The van der Waals surface area contributed by atoms with Crippen LogP contribution < -0.4 is 14.8 Å². The van der Waals surface area contributed by atoms with Gasteiger partial charge in [-0.05, 0) is 23.1 Å². The number of hydrogen-bond acceptors (Lipinski definition) is 4. The molecule has 3 rings (SSSR count). The summed E-state index contributed by atoms with van der Waals surface area (Å²) in [5, 5.41) is 5.40. The molecule has 5 heteroatoms. The maximum atomic E-state index is 14.4. The Morgan fingerprint density at radius 1 is 1.20 bits per heavy atom. The van der Waals surface area contributed by atoms with Crippen molar-refractivity contribution in [2.45, 2.75) is 12.5 Å². The Morgan fingerprint density at radius 3 is 2.70 bits per heavy atom. The first kappa shape index (κ1) is 13.4. The minimum Gasteiger partial charge on any atom is -0.493 e. The Bertz CT molecular complexity index is 626. The van der Waals surface area contributed by atoms with E-state index in [9.17, 15) is 4.39 Å². The molecule has 1 aromatic carbocycles. The SMILES string of the molecule is COc1cc(F)c(C2CNCc3sccc32)cc1OC. The van der Waals surface area contributed by atoms with E-state index in [0.29, 0.717) is 17.1 Å². The molecule has 1 aromatic heterocycles. The van der Waals surface area contributed by atoms with Gasteiger partial charge < -0.3 is 14.8 Å². The molecule has 0 aliphatic carbocycles. The number of methoxy groups -OCH3 is 2. The minimum absolute atomic E-state index is 0.0183. The minimum atomic E-state index is -0.256. The van der Waals surface area contributed by atoms with E-state index in [4.69, 9.17) is 9.47 Å². The highest BCUT2D eigenvalue weighted by molar-refractivity contribution is 7.10. The highest BCUT2D eigenvalue weighted by atomic mass is 32.1. The molecule has 106 valence electrons. The van der Waals surface area contributed by atoms with Crippen LogP contribution in [-0.4, -0.2) is 20.8 Å². The molecule has 1 unspecified atom stereocenters. The highest BCUT2D eigenvalue weighted by Crippen LogP contribution is 2.38. The zero-order chi connectivity index (χ0) is 14.1. The second-order valence-electron chi connectivity index (χ2n) is 4.71. The van der Waals surface area contributed by atoms with E-state index in [-0.39, 0.29) is 11.7 Å². The summed E-state index contributed by atoms with van der Waals surface area (Å²) < 4.78 is 24.8. The molecule has 0 saturated heterocycles. The standard InChI is InChI=1S/C15H16FNO2S/c1-18-13-5-10(12(16)6-14(13)19-2)11-7-17-8-15-9(11)3-4-20-15/h3-6,11,17H,7-8H2,1-2H3. The van der Waals surface area contributed by atoms with Crippen molar-refractivity contribution in [1.29, 1.82) is 0 Å². The van der Waals surface area contributed by atoms with Gasteiger partial charge in [-0.2, -0.15) is 0 Å². The molecule has 2 heterocycles. The molecule has 0 spiro atoms. The van der Waals surface area contributed by atoms with Crippen LogP contribution in [0.1, 0.15) is 21.9 Å². The van der Waals surface area contributed by atoms with Crippen LogP contribution in [0.3, 0.4) is 0 Å². The van der Waals surface area contributed by atoms with Crippen LogP contribution in [-0.2, 0) is 6.54 Å².